The number of rotatable bonds is 6. The van der Waals surface area contributed by atoms with E-state index >= 15 is 0 Å². The van der Waals surface area contributed by atoms with Crippen LogP contribution in [0.25, 0.3) is 17.0 Å². The molecule has 0 radical (unpaired) electrons. The lowest BCUT2D eigenvalue weighted by Gasteiger charge is -2.27. The van der Waals surface area contributed by atoms with Gasteiger partial charge in [-0.3, -0.25) is 9.20 Å². The van der Waals surface area contributed by atoms with Crippen LogP contribution in [0.5, 0.6) is 0 Å². The summed E-state index contributed by atoms with van der Waals surface area (Å²) >= 11 is 0. The fourth-order valence-electron chi connectivity index (χ4n) is 4.34. The summed E-state index contributed by atoms with van der Waals surface area (Å²) in [6, 6.07) is 7.21. The Hall–Kier alpha value is -3.78. The number of hydrogen-bond donors (Lipinski definition) is 1. The monoisotopic (exact) mass is 547 g/mol. The van der Waals surface area contributed by atoms with Gasteiger partial charge in [-0.2, -0.15) is 17.5 Å². The lowest BCUT2D eigenvalue weighted by atomic mass is 10.1. The van der Waals surface area contributed by atoms with E-state index in [0.717, 1.165) is 11.1 Å². The maximum atomic E-state index is 13.0. The van der Waals surface area contributed by atoms with E-state index in [1.807, 2.05) is 32.2 Å². The topological polar surface area (TPSA) is 114 Å². The molecule has 0 bridgehead atoms. The zero-order valence-corrected chi connectivity index (χ0v) is 21.3. The smallest absolute Gasteiger partial charge is 0.347 e. The number of alkyl halides is 3. The minimum atomic E-state index is -5.42. The Morgan fingerprint density at radius 2 is 1.84 bits per heavy atom. The van der Waals surface area contributed by atoms with E-state index in [1.165, 1.54) is 0 Å². The molecule has 0 aliphatic carbocycles. The number of aryl methyl sites for hydroxylation is 2. The van der Waals surface area contributed by atoms with Crippen LogP contribution in [0.2, 0.25) is 0 Å². The Bertz CT molecular complexity index is 1630. The molecule has 3 aromatic heterocycles. The van der Waals surface area contributed by atoms with Gasteiger partial charge in [0.15, 0.2) is 0 Å². The van der Waals surface area contributed by atoms with Gasteiger partial charge in [0.1, 0.15) is 11.5 Å². The third-order valence-corrected chi connectivity index (χ3v) is 7.91. The predicted molar refractivity (Wildman–Crippen MR) is 131 cm³/mol. The number of carbonyl (C=O) groups is 1. The predicted octanol–water partition coefficient (Wildman–Crippen LogP) is 3.06. The molecule has 1 aliphatic heterocycles. The van der Waals surface area contributed by atoms with Crippen LogP contribution >= 0.6 is 0 Å². The van der Waals surface area contributed by atoms with Crippen molar-refractivity contribution in [2.24, 2.45) is 0 Å². The molecule has 4 heterocycles. The number of imidazole rings is 2. The molecule has 0 saturated carbocycles. The molecule has 0 saturated heterocycles. The normalized spacial score (nSPS) is 14.6. The van der Waals surface area contributed by atoms with Crippen molar-refractivity contribution in [1.29, 1.82) is 0 Å². The Morgan fingerprint density at radius 3 is 2.53 bits per heavy atom. The average Bonchev–Trinajstić information content (AvgIpc) is 3.47. The molecule has 0 unspecified atom stereocenters. The molecule has 0 atom stereocenters. The molecule has 4 aromatic rings. The number of fused-ring (bicyclic) bond motifs is 2. The van der Waals surface area contributed by atoms with E-state index in [9.17, 15) is 26.4 Å². The quantitative estimate of drug-likeness (QED) is 0.397. The van der Waals surface area contributed by atoms with Crippen LogP contribution in [0.3, 0.4) is 0 Å². The first-order valence-electron chi connectivity index (χ1n) is 11.8. The summed E-state index contributed by atoms with van der Waals surface area (Å²) < 4.78 is 66.0. The molecule has 1 aromatic carbocycles. The highest BCUT2D eigenvalue weighted by Gasteiger charge is 2.50. The van der Waals surface area contributed by atoms with Gasteiger partial charge in [0.25, 0.3) is 5.91 Å². The molecular formula is C24H24F3N7O3S. The Labute approximate surface area is 216 Å². The van der Waals surface area contributed by atoms with Gasteiger partial charge in [-0.05, 0) is 24.5 Å². The molecule has 1 N–H and O–H groups in total. The third kappa shape index (κ3) is 4.65. The van der Waals surface area contributed by atoms with Gasteiger partial charge < -0.3 is 9.88 Å². The zero-order chi connectivity index (χ0) is 27.2. The van der Waals surface area contributed by atoms with Gasteiger partial charge in [-0.25, -0.2) is 23.4 Å². The fourth-order valence-corrected chi connectivity index (χ4v) is 5.24. The lowest BCUT2D eigenvalue weighted by molar-refractivity contribution is -0.0496. The molecule has 1 amide bonds. The second-order valence-electron chi connectivity index (χ2n) is 8.96. The van der Waals surface area contributed by atoms with E-state index in [-0.39, 0.29) is 31.4 Å². The van der Waals surface area contributed by atoms with Crippen molar-refractivity contribution in [3.8, 4) is 11.3 Å². The van der Waals surface area contributed by atoms with Crippen LogP contribution < -0.4 is 5.32 Å². The summed E-state index contributed by atoms with van der Waals surface area (Å²) in [6.07, 6.45) is 5.79. The summed E-state index contributed by atoms with van der Waals surface area (Å²) in [5.74, 6) is 0.426. The van der Waals surface area contributed by atoms with E-state index in [4.69, 9.17) is 0 Å². The van der Waals surface area contributed by atoms with E-state index in [0.29, 0.717) is 39.1 Å². The molecule has 14 heteroatoms. The molecule has 1 aliphatic rings. The number of hydrogen-bond acceptors (Lipinski definition) is 6. The number of benzene rings is 1. The Kier molecular flexibility index (Phi) is 6.47. The average molecular weight is 548 g/mol. The number of sulfonamides is 1. The standard InChI is InChI=1S/C24H24F3N7O3S/c1-3-18-21(34-12-15(2)10-29-23(34)31-18)22(35)28-11-16-4-6-17(7-5-16)19-13-32-8-9-33(14-20(32)30-19)38(36,37)24(25,26)27/h4-7,10,12-13H,3,8-9,11,14H2,1-2H3,(H,28,35). The third-order valence-electron chi connectivity index (χ3n) is 6.33. The minimum Gasteiger partial charge on any atom is -0.347 e. The van der Waals surface area contributed by atoms with Crippen molar-refractivity contribution in [2.45, 2.75) is 45.4 Å². The molecule has 200 valence electrons. The van der Waals surface area contributed by atoms with E-state index in [2.05, 4.69) is 20.3 Å². The highest BCUT2D eigenvalue weighted by atomic mass is 32.2. The SMILES string of the molecule is CCc1nc2ncc(C)cn2c1C(=O)NCc1ccc(-c2cn3c(n2)CN(S(=O)(=O)C(F)(F)F)CC3)cc1. The number of nitrogens with zero attached hydrogens (tertiary/aromatic N) is 6. The number of halogens is 3. The highest BCUT2D eigenvalue weighted by molar-refractivity contribution is 7.89. The first-order valence-corrected chi connectivity index (χ1v) is 13.3. The second-order valence-corrected chi connectivity index (χ2v) is 10.9. The minimum absolute atomic E-state index is 0.0693. The molecular weight excluding hydrogens is 523 g/mol. The second kappa shape index (κ2) is 9.51. The van der Waals surface area contributed by atoms with Crippen molar-refractivity contribution >= 4 is 21.7 Å². The number of amides is 1. The summed E-state index contributed by atoms with van der Waals surface area (Å²) in [4.78, 5) is 26.1. The van der Waals surface area contributed by atoms with Gasteiger partial charge in [0.2, 0.25) is 5.78 Å². The lowest BCUT2D eigenvalue weighted by Crippen LogP contribution is -2.44. The highest BCUT2D eigenvalue weighted by Crippen LogP contribution is 2.30. The van der Waals surface area contributed by atoms with Gasteiger partial charge in [-0.15, -0.1) is 0 Å². The van der Waals surface area contributed by atoms with E-state index < -0.39 is 22.1 Å². The van der Waals surface area contributed by atoms with Gasteiger partial charge in [0, 0.05) is 43.8 Å². The van der Waals surface area contributed by atoms with Crippen LogP contribution in [-0.4, -0.2) is 54.6 Å². The fraction of sp³-hybridized carbons (Fsp3) is 0.333. The largest absolute Gasteiger partial charge is 0.511 e. The first-order chi connectivity index (χ1) is 18.0. The first kappa shape index (κ1) is 25.9. The van der Waals surface area contributed by atoms with E-state index in [1.54, 1.807) is 33.5 Å². The maximum absolute atomic E-state index is 13.0. The van der Waals surface area contributed by atoms with Crippen LogP contribution in [0.15, 0.2) is 42.9 Å². The number of nitrogens with one attached hydrogen (secondary N) is 1. The summed E-state index contributed by atoms with van der Waals surface area (Å²) in [7, 11) is -5.42. The van der Waals surface area contributed by atoms with Crippen molar-refractivity contribution in [3.05, 3.63) is 71.2 Å². The van der Waals surface area contributed by atoms with Gasteiger partial charge in [-0.1, -0.05) is 31.2 Å². The molecule has 5 rings (SSSR count). The molecule has 0 spiro atoms. The van der Waals surface area contributed by atoms with Crippen LogP contribution in [-0.2, 0) is 36.1 Å². The van der Waals surface area contributed by atoms with Crippen molar-refractivity contribution in [1.82, 2.24) is 33.5 Å². The van der Waals surface area contributed by atoms with Crippen molar-refractivity contribution in [2.75, 3.05) is 6.54 Å². The molecule has 10 nitrogen and oxygen atoms in total. The Morgan fingerprint density at radius 1 is 1.11 bits per heavy atom. The summed E-state index contributed by atoms with van der Waals surface area (Å²) in [5.41, 5.74) is -1.30. The summed E-state index contributed by atoms with van der Waals surface area (Å²) in [5, 5.41) is 2.92. The van der Waals surface area contributed by atoms with Crippen LogP contribution in [0, 0.1) is 6.92 Å². The van der Waals surface area contributed by atoms with Crippen LogP contribution in [0.1, 0.15) is 40.1 Å². The van der Waals surface area contributed by atoms with Crippen LogP contribution in [0.4, 0.5) is 13.2 Å². The number of aromatic nitrogens is 5. The summed E-state index contributed by atoms with van der Waals surface area (Å²) in [6.45, 7) is 3.40. The van der Waals surface area contributed by atoms with Crippen molar-refractivity contribution < 1.29 is 26.4 Å². The number of carbonyl (C=O) groups excluding carboxylic acids is 1. The molecule has 38 heavy (non-hydrogen) atoms. The van der Waals surface area contributed by atoms with Gasteiger partial charge >= 0.3 is 15.5 Å². The van der Waals surface area contributed by atoms with Gasteiger partial charge in [0.05, 0.1) is 17.9 Å². The van der Waals surface area contributed by atoms with Crippen molar-refractivity contribution in [3.63, 3.8) is 0 Å². The zero-order valence-electron chi connectivity index (χ0n) is 20.5. The maximum Gasteiger partial charge on any atom is 0.511 e. The Balaban J connectivity index is 1.28. The molecule has 0 fully saturated rings.